The fraction of sp³-hybridized carbons (Fsp3) is 0.857. The molecule has 0 aromatic rings. The fourth-order valence-corrected chi connectivity index (χ4v) is 1.55. The molecule has 0 aromatic carbocycles. The molecule has 0 amide bonds. The Morgan fingerprint density at radius 1 is 1.42 bits per heavy atom. The monoisotopic (exact) mass is 194 g/mol. The van der Waals surface area contributed by atoms with Crippen LogP contribution in [0, 0.1) is 5.92 Å². The van der Waals surface area contributed by atoms with Crippen molar-refractivity contribution >= 4 is 17.3 Å². The van der Waals surface area contributed by atoms with Gasteiger partial charge in [0, 0.05) is 19.0 Å². The number of nitrogens with zero attached hydrogens (tertiary/aromatic N) is 1. The van der Waals surface area contributed by atoms with E-state index in [1.807, 2.05) is 0 Å². The molecule has 0 atom stereocenters. The van der Waals surface area contributed by atoms with Gasteiger partial charge in [0.1, 0.15) is 0 Å². The molecule has 1 aliphatic heterocycles. The van der Waals surface area contributed by atoms with Crippen molar-refractivity contribution in [3.63, 3.8) is 0 Å². The van der Waals surface area contributed by atoms with Crippen LogP contribution in [0.25, 0.3) is 0 Å². The van der Waals surface area contributed by atoms with E-state index in [0.29, 0.717) is 31.0 Å². The lowest BCUT2D eigenvalue weighted by Gasteiger charge is -2.31. The fourth-order valence-electron chi connectivity index (χ4n) is 1.37. The Kier molecular flexibility index (Phi) is 3.20. The highest BCUT2D eigenvalue weighted by Gasteiger charge is 2.26. The van der Waals surface area contributed by atoms with E-state index >= 15 is 0 Å². The van der Waals surface area contributed by atoms with E-state index in [-0.39, 0.29) is 0 Å². The molecule has 2 nitrogen and oxygen atoms in total. The lowest BCUT2D eigenvalue weighted by Crippen LogP contribution is -2.42. The number of halogens is 2. The molecular weight excluding hydrogens is 182 g/mol. The second kappa shape index (κ2) is 3.98. The molecular formula is C7H12F2N2S. The highest BCUT2D eigenvalue weighted by molar-refractivity contribution is 7.80. The molecule has 0 radical (unpaired) electrons. The Labute approximate surface area is 75.7 Å². The molecule has 0 saturated carbocycles. The van der Waals surface area contributed by atoms with Crippen molar-refractivity contribution < 1.29 is 8.78 Å². The normalized spacial score (nSPS) is 20.1. The number of nitrogens with two attached hydrogens (primary N) is 1. The lowest BCUT2D eigenvalue weighted by atomic mass is 9.98. The summed E-state index contributed by atoms with van der Waals surface area (Å²) in [4.78, 5) is 1.77. The minimum Gasteiger partial charge on any atom is -0.376 e. The second-order valence-corrected chi connectivity index (χ2v) is 3.42. The predicted molar refractivity (Wildman–Crippen MR) is 47.1 cm³/mol. The van der Waals surface area contributed by atoms with Crippen LogP contribution in [0.5, 0.6) is 0 Å². The maximum Gasteiger partial charge on any atom is 0.241 e. The number of rotatable bonds is 1. The van der Waals surface area contributed by atoms with Gasteiger partial charge in [-0.15, -0.1) is 0 Å². The highest BCUT2D eigenvalue weighted by atomic mass is 32.1. The highest BCUT2D eigenvalue weighted by Crippen LogP contribution is 2.23. The molecule has 0 aliphatic carbocycles. The molecule has 1 saturated heterocycles. The Morgan fingerprint density at radius 3 is 2.25 bits per heavy atom. The number of thiocarbonyl (C=S) groups is 1. The van der Waals surface area contributed by atoms with Crippen LogP contribution in [0.3, 0.4) is 0 Å². The third-order valence-electron chi connectivity index (χ3n) is 2.21. The minimum absolute atomic E-state index is 0.322. The summed E-state index contributed by atoms with van der Waals surface area (Å²) in [5, 5.41) is 0.322. The Morgan fingerprint density at radius 2 is 1.92 bits per heavy atom. The summed E-state index contributed by atoms with van der Waals surface area (Å²) in [6.07, 6.45) is -1.21. The Bertz CT molecular complexity index is 167. The molecule has 0 aromatic heterocycles. The van der Waals surface area contributed by atoms with Crippen LogP contribution in [-0.4, -0.2) is 29.5 Å². The van der Waals surface area contributed by atoms with Crippen molar-refractivity contribution in [2.24, 2.45) is 11.7 Å². The van der Waals surface area contributed by atoms with Crippen LogP contribution in [0.1, 0.15) is 12.8 Å². The zero-order chi connectivity index (χ0) is 9.14. The molecule has 70 valence electrons. The maximum absolute atomic E-state index is 12.2. The first-order valence-electron chi connectivity index (χ1n) is 3.94. The number of hydrogen-bond donors (Lipinski definition) is 1. The molecule has 2 N–H and O–H groups in total. The average molecular weight is 194 g/mol. The molecule has 0 spiro atoms. The van der Waals surface area contributed by atoms with Gasteiger partial charge in [-0.2, -0.15) is 0 Å². The van der Waals surface area contributed by atoms with Crippen LogP contribution in [-0.2, 0) is 0 Å². The lowest BCUT2D eigenvalue weighted by molar-refractivity contribution is 0.0475. The van der Waals surface area contributed by atoms with Gasteiger partial charge in [0.15, 0.2) is 5.11 Å². The molecule has 1 rings (SSSR count). The smallest absolute Gasteiger partial charge is 0.241 e. The summed E-state index contributed by atoms with van der Waals surface area (Å²) < 4.78 is 24.3. The summed E-state index contributed by atoms with van der Waals surface area (Å²) >= 11 is 4.74. The van der Waals surface area contributed by atoms with Crippen LogP contribution in [0.4, 0.5) is 8.78 Å². The van der Waals surface area contributed by atoms with Crippen molar-refractivity contribution in [1.82, 2.24) is 4.90 Å². The first kappa shape index (κ1) is 9.64. The molecule has 1 fully saturated rings. The zero-order valence-electron chi connectivity index (χ0n) is 6.67. The maximum atomic E-state index is 12.2. The van der Waals surface area contributed by atoms with Gasteiger partial charge in [-0.25, -0.2) is 8.78 Å². The van der Waals surface area contributed by atoms with Gasteiger partial charge in [0.25, 0.3) is 0 Å². The van der Waals surface area contributed by atoms with Crippen molar-refractivity contribution in [3.8, 4) is 0 Å². The van der Waals surface area contributed by atoms with E-state index < -0.39 is 12.3 Å². The second-order valence-electron chi connectivity index (χ2n) is 3.00. The summed E-state index contributed by atoms with van der Waals surface area (Å²) in [6, 6.07) is 0. The van der Waals surface area contributed by atoms with Gasteiger partial charge < -0.3 is 10.6 Å². The van der Waals surface area contributed by atoms with E-state index in [9.17, 15) is 8.78 Å². The minimum atomic E-state index is -2.20. The van der Waals surface area contributed by atoms with Crippen LogP contribution < -0.4 is 5.73 Å². The molecule has 5 heteroatoms. The van der Waals surface area contributed by atoms with Gasteiger partial charge in [0.05, 0.1) is 0 Å². The van der Waals surface area contributed by atoms with Crippen LogP contribution >= 0.6 is 12.2 Å². The number of likely N-dealkylation sites (tertiary alicyclic amines) is 1. The van der Waals surface area contributed by atoms with E-state index in [1.54, 1.807) is 4.90 Å². The predicted octanol–water partition coefficient (Wildman–Crippen LogP) is 1.21. The van der Waals surface area contributed by atoms with Crippen LogP contribution in [0.15, 0.2) is 0 Å². The van der Waals surface area contributed by atoms with E-state index in [2.05, 4.69) is 0 Å². The molecule has 1 heterocycles. The van der Waals surface area contributed by atoms with Crippen molar-refractivity contribution in [1.29, 1.82) is 0 Å². The van der Waals surface area contributed by atoms with Crippen molar-refractivity contribution in [2.75, 3.05) is 13.1 Å². The first-order valence-corrected chi connectivity index (χ1v) is 4.34. The van der Waals surface area contributed by atoms with Crippen molar-refractivity contribution in [2.45, 2.75) is 19.3 Å². The van der Waals surface area contributed by atoms with E-state index in [1.165, 1.54) is 0 Å². The topological polar surface area (TPSA) is 29.3 Å². The van der Waals surface area contributed by atoms with Gasteiger partial charge in [-0.1, -0.05) is 0 Å². The Balaban J connectivity index is 2.34. The van der Waals surface area contributed by atoms with E-state index in [0.717, 1.165) is 0 Å². The van der Waals surface area contributed by atoms with Gasteiger partial charge in [-0.05, 0) is 25.1 Å². The largest absolute Gasteiger partial charge is 0.376 e. The number of alkyl halides is 2. The van der Waals surface area contributed by atoms with Gasteiger partial charge >= 0.3 is 0 Å². The van der Waals surface area contributed by atoms with E-state index in [4.69, 9.17) is 18.0 Å². The Hall–Kier alpha value is -0.450. The molecule has 0 unspecified atom stereocenters. The third kappa shape index (κ3) is 2.27. The molecule has 12 heavy (non-hydrogen) atoms. The number of piperidine rings is 1. The third-order valence-corrected chi connectivity index (χ3v) is 2.47. The summed E-state index contributed by atoms with van der Waals surface area (Å²) in [6.45, 7) is 1.15. The SMILES string of the molecule is NC(=S)N1CCC(C(F)F)CC1. The van der Waals surface area contributed by atoms with Gasteiger partial charge in [-0.3, -0.25) is 0 Å². The summed E-state index contributed by atoms with van der Waals surface area (Å²) in [7, 11) is 0. The average Bonchev–Trinajstić information content (AvgIpc) is 2.04. The van der Waals surface area contributed by atoms with Gasteiger partial charge in [0.2, 0.25) is 6.43 Å². The quantitative estimate of drug-likeness (QED) is 0.636. The standard InChI is InChI=1S/C7H12F2N2S/c8-6(9)5-1-3-11(4-2-5)7(10)12/h5-6H,1-4H2,(H2,10,12). The summed E-state index contributed by atoms with van der Waals surface area (Å²) in [5.74, 6) is -0.462. The van der Waals surface area contributed by atoms with Crippen molar-refractivity contribution in [3.05, 3.63) is 0 Å². The summed E-state index contributed by atoms with van der Waals surface area (Å²) in [5.41, 5.74) is 5.36. The number of hydrogen-bond acceptors (Lipinski definition) is 1. The van der Waals surface area contributed by atoms with Crippen LogP contribution in [0.2, 0.25) is 0 Å². The molecule has 1 aliphatic rings. The molecule has 0 bridgehead atoms. The first-order chi connectivity index (χ1) is 5.61. The zero-order valence-corrected chi connectivity index (χ0v) is 7.49.